The molecule has 1 aliphatic carbocycles. The van der Waals surface area contributed by atoms with Crippen LogP contribution in [0, 0.1) is 11.7 Å². The molecule has 4 atom stereocenters. The van der Waals surface area contributed by atoms with Gasteiger partial charge in [-0.15, -0.1) is 0 Å². The summed E-state index contributed by atoms with van der Waals surface area (Å²) in [6.45, 7) is 0. The molecular weight excluding hydrogens is 217 g/mol. The van der Waals surface area contributed by atoms with Gasteiger partial charge in [-0.1, -0.05) is 18.6 Å². The maximum Gasteiger partial charge on any atom is 0.123 e. The Kier molecular flexibility index (Phi) is 2.86. The predicted molar refractivity (Wildman–Crippen MR) is 64.5 cm³/mol. The van der Waals surface area contributed by atoms with Crippen LogP contribution in [0.3, 0.4) is 0 Å². The Hall–Kier alpha value is -0.970. The number of nitrogens with one attached hydrogen (secondary N) is 2. The quantitative estimate of drug-likeness (QED) is 0.691. The van der Waals surface area contributed by atoms with Crippen LogP contribution in [-0.2, 0) is 0 Å². The van der Waals surface area contributed by atoms with Crippen molar-refractivity contribution in [2.75, 3.05) is 0 Å². The molecular formula is C13H18FN3. The molecule has 92 valence electrons. The number of hydrazine groups is 1. The highest BCUT2D eigenvalue weighted by atomic mass is 19.1. The molecule has 2 aliphatic rings. The van der Waals surface area contributed by atoms with Gasteiger partial charge in [-0.25, -0.2) is 9.82 Å². The number of hydrogen-bond acceptors (Lipinski definition) is 3. The fourth-order valence-corrected chi connectivity index (χ4v) is 3.17. The standard InChI is InChI=1S/C13H18FN3/c14-9-6-4-8(5-7-9)13-12-10(15)2-1-3-11(12)16-17-13/h4-7,10-13,16-17H,1-3,15H2. The zero-order chi connectivity index (χ0) is 11.8. The van der Waals surface area contributed by atoms with Gasteiger partial charge in [0.15, 0.2) is 0 Å². The summed E-state index contributed by atoms with van der Waals surface area (Å²) in [5, 5.41) is 0. The minimum Gasteiger partial charge on any atom is -0.327 e. The molecule has 1 aromatic rings. The fourth-order valence-electron chi connectivity index (χ4n) is 3.17. The normalized spacial score (nSPS) is 36.8. The van der Waals surface area contributed by atoms with E-state index in [4.69, 9.17) is 5.73 Å². The summed E-state index contributed by atoms with van der Waals surface area (Å²) < 4.78 is 12.9. The first-order chi connectivity index (χ1) is 8.25. The van der Waals surface area contributed by atoms with Gasteiger partial charge >= 0.3 is 0 Å². The van der Waals surface area contributed by atoms with E-state index in [1.165, 1.54) is 25.0 Å². The van der Waals surface area contributed by atoms with Crippen molar-refractivity contribution in [3.8, 4) is 0 Å². The smallest absolute Gasteiger partial charge is 0.123 e. The maximum absolute atomic E-state index is 12.9. The Morgan fingerprint density at radius 3 is 2.65 bits per heavy atom. The van der Waals surface area contributed by atoms with Gasteiger partial charge < -0.3 is 5.73 Å². The minimum atomic E-state index is -0.191. The summed E-state index contributed by atoms with van der Waals surface area (Å²) >= 11 is 0. The second-order valence-electron chi connectivity index (χ2n) is 5.10. The van der Waals surface area contributed by atoms with E-state index in [1.807, 2.05) is 12.1 Å². The molecule has 0 spiro atoms. The second kappa shape index (κ2) is 4.37. The van der Waals surface area contributed by atoms with Crippen molar-refractivity contribution >= 4 is 0 Å². The molecule has 2 fully saturated rings. The van der Waals surface area contributed by atoms with Crippen LogP contribution in [0.5, 0.6) is 0 Å². The van der Waals surface area contributed by atoms with E-state index >= 15 is 0 Å². The lowest BCUT2D eigenvalue weighted by molar-refractivity contribution is 0.265. The van der Waals surface area contributed by atoms with E-state index in [0.717, 1.165) is 12.0 Å². The average molecular weight is 235 g/mol. The van der Waals surface area contributed by atoms with Crippen molar-refractivity contribution in [3.63, 3.8) is 0 Å². The lowest BCUT2D eigenvalue weighted by Crippen LogP contribution is -2.43. The summed E-state index contributed by atoms with van der Waals surface area (Å²) in [6, 6.07) is 7.60. The van der Waals surface area contributed by atoms with E-state index in [9.17, 15) is 4.39 Å². The van der Waals surface area contributed by atoms with Crippen molar-refractivity contribution in [3.05, 3.63) is 35.6 Å². The molecule has 4 heteroatoms. The molecule has 0 bridgehead atoms. The first-order valence-corrected chi connectivity index (χ1v) is 6.28. The SMILES string of the molecule is NC1CCCC2NNC(c3ccc(F)cc3)C12. The summed E-state index contributed by atoms with van der Waals surface area (Å²) in [5.41, 5.74) is 14.0. The largest absolute Gasteiger partial charge is 0.327 e. The van der Waals surface area contributed by atoms with E-state index in [0.29, 0.717) is 12.0 Å². The van der Waals surface area contributed by atoms with E-state index in [-0.39, 0.29) is 17.9 Å². The molecule has 0 aromatic heterocycles. The van der Waals surface area contributed by atoms with Crippen LogP contribution in [-0.4, -0.2) is 12.1 Å². The van der Waals surface area contributed by atoms with E-state index in [2.05, 4.69) is 10.9 Å². The third kappa shape index (κ3) is 1.97. The van der Waals surface area contributed by atoms with Crippen LogP contribution >= 0.6 is 0 Å². The van der Waals surface area contributed by atoms with Crippen molar-refractivity contribution in [1.82, 2.24) is 10.9 Å². The zero-order valence-corrected chi connectivity index (χ0v) is 9.70. The predicted octanol–water partition coefficient (Wildman–Crippen LogP) is 1.47. The van der Waals surface area contributed by atoms with Crippen LogP contribution in [0.1, 0.15) is 30.9 Å². The van der Waals surface area contributed by atoms with Gasteiger partial charge in [0.05, 0.1) is 6.04 Å². The molecule has 1 saturated carbocycles. The van der Waals surface area contributed by atoms with E-state index < -0.39 is 0 Å². The third-order valence-corrected chi connectivity index (χ3v) is 4.05. The Morgan fingerprint density at radius 2 is 1.88 bits per heavy atom. The van der Waals surface area contributed by atoms with Gasteiger partial charge in [-0.05, 0) is 30.5 Å². The first-order valence-electron chi connectivity index (χ1n) is 6.28. The van der Waals surface area contributed by atoms with Gasteiger partial charge in [-0.3, -0.25) is 5.43 Å². The van der Waals surface area contributed by atoms with Gasteiger partial charge in [0.2, 0.25) is 0 Å². The number of halogens is 1. The zero-order valence-electron chi connectivity index (χ0n) is 9.70. The summed E-state index contributed by atoms with van der Waals surface area (Å²) in [6.07, 6.45) is 3.44. The summed E-state index contributed by atoms with van der Waals surface area (Å²) in [4.78, 5) is 0. The first kappa shape index (κ1) is 11.1. The topological polar surface area (TPSA) is 50.1 Å². The van der Waals surface area contributed by atoms with Crippen LogP contribution in [0.4, 0.5) is 4.39 Å². The van der Waals surface area contributed by atoms with Gasteiger partial charge in [0, 0.05) is 18.0 Å². The van der Waals surface area contributed by atoms with Gasteiger partial charge in [0.1, 0.15) is 5.82 Å². The summed E-state index contributed by atoms with van der Waals surface area (Å²) in [5.74, 6) is 0.221. The van der Waals surface area contributed by atoms with E-state index in [1.54, 1.807) is 0 Å². The fraction of sp³-hybridized carbons (Fsp3) is 0.538. The Balaban J connectivity index is 1.86. The number of rotatable bonds is 1. The van der Waals surface area contributed by atoms with Gasteiger partial charge in [-0.2, -0.15) is 0 Å². The lowest BCUT2D eigenvalue weighted by atomic mass is 9.76. The maximum atomic E-state index is 12.9. The van der Waals surface area contributed by atoms with Crippen LogP contribution in [0.2, 0.25) is 0 Å². The highest BCUT2D eigenvalue weighted by Crippen LogP contribution is 2.37. The van der Waals surface area contributed by atoms with Crippen LogP contribution in [0.15, 0.2) is 24.3 Å². The molecule has 3 rings (SSSR count). The number of hydrogen-bond donors (Lipinski definition) is 3. The molecule has 1 aromatic carbocycles. The second-order valence-corrected chi connectivity index (χ2v) is 5.10. The monoisotopic (exact) mass is 235 g/mol. The molecule has 1 heterocycles. The number of nitrogens with two attached hydrogens (primary N) is 1. The molecule has 4 N–H and O–H groups in total. The molecule has 1 saturated heterocycles. The lowest BCUT2D eigenvalue weighted by Gasteiger charge is -2.33. The number of fused-ring (bicyclic) bond motifs is 1. The highest BCUT2D eigenvalue weighted by molar-refractivity contribution is 5.23. The number of benzene rings is 1. The van der Waals surface area contributed by atoms with Crippen molar-refractivity contribution in [2.24, 2.45) is 11.7 Å². The summed E-state index contributed by atoms with van der Waals surface area (Å²) in [7, 11) is 0. The van der Waals surface area contributed by atoms with Crippen molar-refractivity contribution in [1.29, 1.82) is 0 Å². The highest BCUT2D eigenvalue weighted by Gasteiger charge is 2.42. The molecule has 0 amide bonds. The van der Waals surface area contributed by atoms with Gasteiger partial charge in [0.25, 0.3) is 0 Å². The van der Waals surface area contributed by atoms with Crippen LogP contribution < -0.4 is 16.6 Å². The molecule has 3 nitrogen and oxygen atoms in total. The van der Waals surface area contributed by atoms with Crippen molar-refractivity contribution < 1.29 is 4.39 Å². The minimum absolute atomic E-state index is 0.191. The third-order valence-electron chi connectivity index (χ3n) is 4.05. The molecule has 0 radical (unpaired) electrons. The molecule has 17 heavy (non-hydrogen) atoms. The van der Waals surface area contributed by atoms with Crippen LogP contribution in [0.25, 0.3) is 0 Å². The Bertz CT molecular complexity index is 392. The van der Waals surface area contributed by atoms with Crippen molar-refractivity contribution in [2.45, 2.75) is 37.4 Å². The Morgan fingerprint density at radius 1 is 1.12 bits per heavy atom. The molecule has 1 aliphatic heterocycles. The Labute approximate surface area is 101 Å². The molecule has 4 unspecified atom stereocenters. The average Bonchev–Trinajstić information content (AvgIpc) is 2.75.